The Labute approximate surface area is 155 Å². The van der Waals surface area contributed by atoms with Gasteiger partial charge in [-0.15, -0.1) is 0 Å². The lowest BCUT2D eigenvalue weighted by Gasteiger charge is -2.18. The lowest BCUT2D eigenvalue weighted by Crippen LogP contribution is -2.31. The molecule has 4 nitrogen and oxygen atoms in total. The zero-order chi connectivity index (χ0) is 17.9. The average molecular weight is 362 g/mol. The highest BCUT2D eigenvalue weighted by Crippen LogP contribution is 2.31. The molecule has 4 aromatic rings. The van der Waals surface area contributed by atoms with E-state index in [1.807, 2.05) is 67.6 Å². The molecule has 4 rings (SSSR count). The summed E-state index contributed by atoms with van der Waals surface area (Å²) >= 11 is 1.53. The van der Waals surface area contributed by atoms with E-state index < -0.39 is 0 Å². The predicted octanol–water partition coefficient (Wildman–Crippen LogP) is 4.97. The Balaban J connectivity index is 1.69. The minimum atomic E-state index is 0.00399. The van der Waals surface area contributed by atoms with Crippen LogP contribution in [-0.4, -0.2) is 10.9 Å². The molecule has 26 heavy (non-hydrogen) atoms. The Morgan fingerprint density at radius 2 is 1.92 bits per heavy atom. The van der Waals surface area contributed by atoms with Gasteiger partial charge >= 0.3 is 0 Å². The van der Waals surface area contributed by atoms with Crippen molar-refractivity contribution < 1.29 is 9.21 Å². The topological polar surface area (TPSA) is 46.3 Å². The van der Waals surface area contributed by atoms with Gasteiger partial charge in [0.1, 0.15) is 5.76 Å². The van der Waals surface area contributed by atoms with E-state index >= 15 is 0 Å². The van der Waals surface area contributed by atoms with Crippen LogP contribution in [0.5, 0.6) is 0 Å². The van der Waals surface area contributed by atoms with E-state index in [4.69, 9.17) is 9.40 Å². The molecule has 0 aliphatic rings. The molecule has 0 aliphatic heterocycles. The summed E-state index contributed by atoms with van der Waals surface area (Å²) in [6.07, 6.45) is 1.95. The number of fused-ring (bicyclic) bond motifs is 1. The van der Waals surface area contributed by atoms with Gasteiger partial charge in [-0.2, -0.15) is 0 Å². The Hall–Kier alpha value is -2.92. The van der Waals surface area contributed by atoms with E-state index in [2.05, 4.69) is 0 Å². The van der Waals surface area contributed by atoms with E-state index in [1.165, 1.54) is 11.3 Å². The van der Waals surface area contributed by atoms with Crippen LogP contribution >= 0.6 is 11.3 Å². The summed E-state index contributed by atoms with van der Waals surface area (Å²) in [5.41, 5.74) is 3.04. The zero-order valence-electron chi connectivity index (χ0n) is 14.4. The van der Waals surface area contributed by atoms with Gasteiger partial charge in [0.2, 0.25) is 5.91 Å². The molecule has 130 valence electrons. The number of amides is 1. The number of furan rings is 1. The lowest BCUT2D eigenvalue weighted by atomic mass is 10.1. The number of benzene rings is 2. The van der Waals surface area contributed by atoms with Gasteiger partial charge in [-0.3, -0.25) is 9.69 Å². The summed E-state index contributed by atoms with van der Waals surface area (Å²) in [5.74, 6) is 0.742. The Morgan fingerprint density at radius 1 is 1.08 bits per heavy atom. The number of anilines is 1. The van der Waals surface area contributed by atoms with E-state index in [0.717, 1.165) is 27.1 Å². The fraction of sp³-hybridized carbons (Fsp3) is 0.143. The standard InChI is InChI=1S/C21H18N2O2S/c1-15-7-5-11-18-20(15)22-21(26-18)23(14-17-10-6-12-25-17)19(24)13-16-8-3-2-4-9-16/h2-12H,13-14H2,1H3. The highest BCUT2D eigenvalue weighted by Gasteiger charge is 2.21. The van der Waals surface area contributed by atoms with Crippen LogP contribution in [0.2, 0.25) is 0 Å². The molecule has 0 unspecified atom stereocenters. The van der Waals surface area contributed by atoms with Crippen LogP contribution in [0, 0.1) is 6.92 Å². The first-order chi connectivity index (χ1) is 12.7. The van der Waals surface area contributed by atoms with Crippen molar-refractivity contribution in [2.24, 2.45) is 0 Å². The second kappa shape index (κ2) is 7.14. The molecule has 0 saturated carbocycles. The van der Waals surface area contributed by atoms with Gasteiger partial charge in [0, 0.05) is 0 Å². The summed E-state index contributed by atoms with van der Waals surface area (Å²) in [4.78, 5) is 19.5. The van der Waals surface area contributed by atoms with Crippen LogP contribution in [-0.2, 0) is 17.8 Å². The summed E-state index contributed by atoms with van der Waals surface area (Å²) in [5, 5.41) is 0.701. The van der Waals surface area contributed by atoms with Gasteiger partial charge in [0.25, 0.3) is 0 Å². The van der Waals surface area contributed by atoms with Gasteiger partial charge in [-0.25, -0.2) is 4.98 Å². The number of rotatable bonds is 5. The second-order valence-electron chi connectivity index (χ2n) is 6.14. The largest absolute Gasteiger partial charge is 0.467 e. The molecule has 0 spiro atoms. The molecule has 0 N–H and O–H groups in total. The second-order valence-corrected chi connectivity index (χ2v) is 7.15. The van der Waals surface area contributed by atoms with Crippen molar-refractivity contribution in [1.29, 1.82) is 0 Å². The van der Waals surface area contributed by atoms with E-state index in [0.29, 0.717) is 18.1 Å². The molecular formula is C21H18N2O2S. The van der Waals surface area contributed by atoms with Crippen molar-refractivity contribution in [3.05, 3.63) is 83.8 Å². The quantitative estimate of drug-likeness (QED) is 0.503. The fourth-order valence-corrected chi connectivity index (χ4v) is 3.94. The number of hydrogen-bond acceptors (Lipinski definition) is 4. The number of hydrogen-bond donors (Lipinski definition) is 0. The highest BCUT2D eigenvalue weighted by atomic mass is 32.1. The maximum Gasteiger partial charge on any atom is 0.233 e. The molecule has 2 aromatic heterocycles. The third kappa shape index (κ3) is 3.39. The van der Waals surface area contributed by atoms with Crippen molar-refractivity contribution in [2.45, 2.75) is 19.9 Å². The summed E-state index contributed by atoms with van der Waals surface area (Å²) in [7, 11) is 0. The van der Waals surface area contributed by atoms with Gasteiger partial charge in [0.05, 0.1) is 29.4 Å². The Kier molecular flexibility index (Phi) is 4.54. The van der Waals surface area contributed by atoms with E-state index in [-0.39, 0.29) is 5.91 Å². The predicted molar refractivity (Wildman–Crippen MR) is 104 cm³/mol. The molecular weight excluding hydrogens is 344 g/mol. The van der Waals surface area contributed by atoms with Crippen LogP contribution in [0.1, 0.15) is 16.9 Å². The third-order valence-electron chi connectivity index (χ3n) is 4.23. The van der Waals surface area contributed by atoms with Gasteiger partial charge in [-0.1, -0.05) is 53.8 Å². The molecule has 0 fully saturated rings. The molecule has 5 heteroatoms. The smallest absolute Gasteiger partial charge is 0.233 e. The number of carbonyl (C=O) groups excluding carboxylic acids is 1. The first kappa shape index (κ1) is 16.5. The van der Waals surface area contributed by atoms with Crippen LogP contribution < -0.4 is 4.90 Å². The SMILES string of the molecule is Cc1cccc2sc(N(Cc3ccco3)C(=O)Cc3ccccc3)nc12. The molecule has 0 atom stereocenters. The third-order valence-corrected chi connectivity index (χ3v) is 5.28. The van der Waals surface area contributed by atoms with Crippen molar-refractivity contribution >= 4 is 32.6 Å². The number of thiazole rings is 1. The Morgan fingerprint density at radius 3 is 2.65 bits per heavy atom. The molecule has 1 amide bonds. The van der Waals surface area contributed by atoms with Gasteiger partial charge < -0.3 is 4.42 Å². The number of para-hydroxylation sites is 1. The maximum atomic E-state index is 13.1. The molecule has 2 heterocycles. The molecule has 0 saturated heterocycles. The van der Waals surface area contributed by atoms with E-state index in [9.17, 15) is 4.79 Å². The average Bonchev–Trinajstić information content (AvgIpc) is 3.30. The van der Waals surface area contributed by atoms with Crippen molar-refractivity contribution in [3.63, 3.8) is 0 Å². The molecule has 2 aromatic carbocycles. The first-order valence-corrected chi connectivity index (χ1v) is 9.25. The lowest BCUT2D eigenvalue weighted by molar-refractivity contribution is -0.118. The van der Waals surface area contributed by atoms with Crippen LogP contribution in [0.4, 0.5) is 5.13 Å². The van der Waals surface area contributed by atoms with Crippen molar-refractivity contribution in [2.75, 3.05) is 4.90 Å². The van der Waals surface area contributed by atoms with Gasteiger partial charge in [-0.05, 0) is 36.2 Å². The highest BCUT2D eigenvalue weighted by molar-refractivity contribution is 7.22. The number of nitrogens with zero attached hydrogens (tertiary/aromatic N) is 2. The normalized spacial score (nSPS) is 11.0. The van der Waals surface area contributed by atoms with Crippen LogP contribution in [0.15, 0.2) is 71.3 Å². The number of carbonyl (C=O) groups is 1. The first-order valence-electron chi connectivity index (χ1n) is 8.43. The molecule has 0 aliphatic carbocycles. The van der Waals surface area contributed by atoms with Crippen LogP contribution in [0.25, 0.3) is 10.2 Å². The molecule has 0 radical (unpaired) electrons. The minimum Gasteiger partial charge on any atom is -0.467 e. The maximum absolute atomic E-state index is 13.1. The fourth-order valence-electron chi connectivity index (χ4n) is 2.88. The number of aryl methyl sites for hydroxylation is 1. The zero-order valence-corrected chi connectivity index (χ0v) is 15.2. The van der Waals surface area contributed by atoms with Crippen LogP contribution in [0.3, 0.4) is 0 Å². The minimum absolute atomic E-state index is 0.00399. The Bertz CT molecular complexity index is 1020. The summed E-state index contributed by atoms with van der Waals surface area (Å²) in [6.45, 7) is 2.41. The summed E-state index contributed by atoms with van der Waals surface area (Å²) < 4.78 is 6.55. The van der Waals surface area contributed by atoms with E-state index in [1.54, 1.807) is 11.2 Å². The van der Waals surface area contributed by atoms with Crippen molar-refractivity contribution in [3.8, 4) is 0 Å². The molecule has 0 bridgehead atoms. The van der Waals surface area contributed by atoms with Gasteiger partial charge in [0.15, 0.2) is 5.13 Å². The number of aromatic nitrogens is 1. The van der Waals surface area contributed by atoms with Crippen molar-refractivity contribution in [1.82, 2.24) is 4.98 Å². The monoisotopic (exact) mass is 362 g/mol. The summed E-state index contributed by atoms with van der Waals surface area (Å²) in [6, 6.07) is 19.6.